The summed E-state index contributed by atoms with van der Waals surface area (Å²) in [7, 11) is -3.01. The highest BCUT2D eigenvalue weighted by Crippen LogP contribution is 2.03. The second-order valence-corrected chi connectivity index (χ2v) is 5.66. The van der Waals surface area contributed by atoms with Gasteiger partial charge in [0.25, 0.3) is 0 Å². The Labute approximate surface area is 85.2 Å². The average molecular weight is 222 g/mol. The van der Waals surface area contributed by atoms with Crippen molar-refractivity contribution in [2.45, 2.75) is 39.0 Å². The van der Waals surface area contributed by atoms with E-state index in [1.807, 2.05) is 6.92 Å². The lowest BCUT2D eigenvalue weighted by Crippen LogP contribution is -2.12. The summed E-state index contributed by atoms with van der Waals surface area (Å²) in [6.45, 7) is 2.01. The van der Waals surface area contributed by atoms with Crippen LogP contribution in [0.25, 0.3) is 0 Å². The van der Waals surface area contributed by atoms with Gasteiger partial charge in [-0.15, -0.1) is 0 Å². The summed E-state index contributed by atoms with van der Waals surface area (Å²) in [6.07, 6.45) is 2.76. The maximum atomic E-state index is 11.3. The molecule has 5 heteroatoms. The predicted molar refractivity (Wildman–Crippen MR) is 55.0 cm³/mol. The first-order chi connectivity index (χ1) is 6.48. The van der Waals surface area contributed by atoms with E-state index in [2.05, 4.69) is 0 Å². The first-order valence-corrected chi connectivity index (χ1v) is 6.72. The second kappa shape index (κ2) is 6.81. The highest BCUT2D eigenvalue weighted by Gasteiger charge is 2.10. The highest BCUT2D eigenvalue weighted by atomic mass is 32.2. The minimum atomic E-state index is -3.01. The van der Waals surface area contributed by atoms with Crippen LogP contribution in [0.5, 0.6) is 0 Å². The number of unbranched alkanes of at least 4 members (excludes halogenated alkanes) is 2. The first kappa shape index (κ1) is 13.4. The van der Waals surface area contributed by atoms with E-state index in [1.54, 1.807) is 0 Å². The van der Waals surface area contributed by atoms with Crippen LogP contribution in [0.4, 0.5) is 0 Å². The van der Waals surface area contributed by atoms with Crippen LogP contribution in [-0.4, -0.2) is 31.0 Å². The monoisotopic (exact) mass is 222 g/mol. The van der Waals surface area contributed by atoms with E-state index in [0.717, 1.165) is 12.8 Å². The van der Waals surface area contributed by atoms with Crippen molar-refractivity contribution in [3.05, 3.63) is 0 Å². The largest absolute Gasteiger partial charge is 0.481 e. The molecule has 0 saturated carbocycles. The average Bonchev–Trinajstić information content (AvgIpc) is 2.03. The summed E-state index contributed by atoms with van der Waals surface area (Å²) in [5.74, 6) is -0.738. The van der Waals surface area contributed by atoms with E-state index in [-0.39, 0.29) is 24.3 Å². The van der Waals surface area contributed by atoms with E-state index in [9.17, 15) is 13.2 Å². The molecule has 14 heavy (non-hydrogen) atoms. The van der Waals surface area contributed by atoms with E-state index < -0.39 is 15.8 Å². The molecule has 0 heterocycles. The quantitative estimate of drug-likeness (QED) is 0.631. The van der Waals surface area contributed by atoms with E-state index >= 15 is 0 Å². The summed E-state index contributed by atoms with van der Waals surface area (Å²) in [6, 6.07) is 0. The van der Waals surface area contributed by atoms with Crippen molar-refractivity contribution in [3.63, 3.8) is 0 Å². The number of sulfone groups is 1. The Bertz CT molecular complexity index is 256. The molecule has 0 unspecified atom stereocenters. The zero-order valence-electron chi connectivity index (χ0n) is 8.53. The molecule has 0 atom stereocenters. The molecule has 0 bridgehead atoms. The Hall–Kier alpha value is -0.580. The van der Waals surface area contributed by atoms with E-state index in [1.165, 1.54) is 0 Å². The Morgan fingerprint density at radius 2 is 1.71 bits per heavy atom. The van der Waals surface area contributed by atoms with Crippen LogP contribution in [-0.2, 0) is 14.6 Å². The molecule has 0 aromatic heterocycles. The molecule has 0 amide bonds. The zero-order valence-corrected chi connectivity index (χ0v) is 9.35. The molecule has 0 radical (unpaired) electrons. The number of aliphatic carboxylic acids is 1. The van der Waals surface area contributed by atoms with Gasteiger partial charge in [-0.05, 0) is 12.8 Å². The lowest BCUT2D eigenvalue weighted by atomic mass is 10.3. The highest BCUT2D eigenvalue weighted by molar-refractivity contribution is 7.91. The summed E-state index contributed by atoms with van der Waals surface area (Å²) in [4.78, 5) is 10.2. The topological polar surface area (TPSA) is 71.4 Å². The Morgan fingerprint density at radius 3 is 2.21 bits per heavy atom. The summed E-state index contributed by atoms with van der Waals surface area (Å²) in [5.41, 5.74) is 0. The van der Waals surface area contributed by atoms with Gasteiger partial charge in [0.1, 0.15) is 9.84 Å². The van der Waals surface area contributed by atoms with Crippen LogP contribution >= 0.6 is 0 Å². The van der Waals surface area contributed by atoms with Crippen molar-refractivity contribution in [3.8, 4) is 0 Å². The van der Waals surface area contributed by atoms with Gasteiger partial charge in [0.15, 0.2) is 0 Å². The number of hydrogen-bond donors (Lipinski definition) is 1. The summed E-state index contributed by atoms with van der Waals surface area (Å²) >= 11 is 0. The van der Waals surface area contributed by atoms with Crippen molar-refractivity contribution in [2.24, 2.45) is 0 Å². The van der Waals surface area contributed by atoms with Gasteiger partial charge in [-0.3, -0.25) is 4.79 Å². The minimum absolute atomic E-state index is 0.00299. The van der Waals surface area contributed by atoms with Crippen LogP contribution in [0.2, 0.25) is 0 Å². The van der Waals surface area contributed by atoms with Crippen LogP contribution in [0, 0.1) is 0 Å². The van der Waals surface area contributed by atoms with Gasteiger partial charge in [0.05, 0.1) is 11.5 Å². The molecule has 0 rings (SSSR count). The third kappa shape index (κ3) is 8.04. The molecule has 0 aliphatic heterocycles. The fraction of sp³-hybridized carbons (Fsp3) is 0.889. The van der Waals surface area contributed by atoms with Crippen molar-refractivity contribution in [1.82, 2.24) is 0 Å². The van der Waals surface area contributed by atoms with Crippen molar-refractivity contribution in [1.29, 1.82) is 0 Å². The smallest absolute Gasteiger partial charge is 0.303 e. The Morgan fingerprint density at radius 1 is 1.14 bits per heavy atom. The molecule has 0 fully saturated rings. The SMILES string of the molecule is CCCCCS(=O)(=O)CCCC(=O)O. The zero-order chi connectivity index (χ0) is 11.0. The maximum Gasteiger partial charge on any atom is 0.303 e. The van der Waals surface area contributed by atoms with Gasteiger partial charge >= 0.3 is 5.97 Å². The number of hydrogen-bond acceptors (Lipinski definition) is 3. The number of carboxylic acids is 1. The second-order valence-electron chi connectivity index (χ2n) is 3.36. The molecule has 0 aromatic rings. The van der Waals surface area contributed by atoms with Gasteiger partial charge in [0.2, 0.25) is 0 Å². The molecular weight excluding hydrogens is 204 g/mol. The van der Waals surface area contributed by atoms with Crippen LogP contribution in [0.3, 0.4) is 0 Å². The molecule has 0 spiro atoms. The molecular formula is C9H18O4S. The summed E-state index contributed by atoms with van der Waals surface area (Å²) in [5, 5.41) is 8.33. The lowest BCUT2D eigenvalue weighted by Gasteiger charge is -2.02. The fourth-order valence-electron chi connectivity index (χ4n) is 1.12. The van der Waals surface area contributed by atoms with Crippen LogP contribution in [0.1, 0.15) is 39.0 Å². The third-order valence-corrected chi connectivity index (χ3v) is 3.73. The van der Waals surface area contributed by atoms with Crippen LogP contribution in [0.15, 0.2) is 0 Å². The maximum absolute atomic E-state index is 11.3. The molecule has 0 aromatic carbocycles. The van der Waals surface area contributed by atoms with Gasteiger partial charge in [-0.2, -0.15) is 0 Å². The normalized spacial score (nSPS) is 11.5. The minimum Gasteiger partial charge on any atom is -0.481 e. The number of rotatable bonds is 8. The predicted octanol–water partition coefficient (Wildman–Crippen LogP) is 1.46. The molecule has 84 valence electrons. The number of carboxylic acid groups (broad SMARTS) is 1. The van der Waals surface area contributed by atoms with Crippen molar-refractivity contribution in [2.75, 3.05) is 11.5 Å². The summed E-state index contributed by atoms with van der Waals surface area (Å²) < 4.78 is 22.6. The van der Waals surface area contributed by atoms with Crippen molar-refractivity contribution >= 4 is 15.8 Å². The molecule has 0 aliphatic carbocycles. The van der Waals surface area contributed by atoms with Crippen molar-refractivity contribution < 1.29 is 18.3 Å². The lowest BCUT2D eigenvalue weighted by molar-refractivity contribution is -0.137. The number of carbonyl (C=O) groups is 1. The van der Waals surface area contributed by atoms with E-state index in [0.29, 0.717) is 6.42 Å². The third-order valence-electron chi connectivity index (χ3n) is 1.90. The first-order valence-electron chi connectivity index (χ1n) is 4.90. The molecule has 1 N–H and O–H groups in total. The van der Waals surface area contributed by atoms with Gasteiger partial charge in [-0.1, -0.05) is 19.8 Å². The molecule has 0 aliphatic rings. The Balaban J connectivity index is 3.67. The standard InChI is InChI=1S/C9H18O4S/c1-2-3-4-7-14(12,13)8-5-6-9(10)11/h2-8H2,1H3,(H,10,11). The molecule has 0 saturated heterocycles. The van der Waals surface area contributed by atoms with Crippen LogP contribution < -0.4 is 0 Å². The van der Waals surface area contributed by atoms with Gasteiger partial charge in [0, 0.05) is 6.42 Å². The fourth-order valence-corrected chi connectivity index (χ4v) is 2.55. The molecule has 4 nitrogen and oxygen atoms in total. The Kier molecular flexibility index (Phi) is 6.53. The van der Waals surface area contributed by atoms with Gasteiger partial charge < -0.3 is 5.11 Å². The van der Waals surface area contributed by atoms with Gasteiger partial charge in [-0.25, -0.2) is 8.42 Å². The van der Waals surface area contributed by atoms with E-state index in [4.69, 9.17) is 5.11 Å².